The summed E-state index contributed by atoms with van der Waals surface area (Å²) in [5.74, 6) is -0.195. The van der Waals surface area contributed by atoms with Crippen molar-refractivity contribution in [3.8, 4) is 0 Å². The predicted octanol–water partition coefficient (Wildman–Crippen LogP) is 2.30. The van der Waals surface area contributed by atoms with Crippen LogP contribution in [0.1, 0.15) is 19.4 Å². The van der Waals surface area contributed by atoms with Gasteiger partial charge in [0.25, 0.3) is 0 Å². The highest BCUT2D eigenvalue weighted by Crippen LogP contribution is 2.05. The first kappa shape index (κ1) is 11.1. The molecular formula is C11H16FNO. The lowest BCUT2D eigenvalue weighted by Crippen LogP contribution is -2.28. The lowest BCUT2D eigenvalue weighted by atomic mass is 10.1. The monoisotopic (exact) mass is 197 g/mol. The van der Waals surface area contributed by atoms with Gasteiger partial charge in [0.2, 0.25) is 0 Å². The van der Waals surface area contributed by atoms with Gasteiger partial charge in [0.05, 0.1) is 6.61 Å². The topological polar surface area (TPSA) is 21.3 Å². The predicted molar refractivity (Wildman–Crippen MR) is 54.3 cm³/mol. The maximum absolute atomic E-state index is 12.6. The Morgan fingerprint density at radius 3 is 2.57 bits per heavy atom. The molecule has 0 heterocycles. The number of nitrogens with one attached hydrogen (secondary N) is 1. The van der Waals surface area contributed by atoms with Crippen LogP contribution in [0.4, 0.5) is 4.39 Å². The molecule has 0 saturated carbocycles. The zero-order valence-corrected chi connectivity index (χ0v) is 8.59. The first-order valence-corrected chi connectivity index (χ1v) is 4.84. The van der Waals surface area contributed by atoms with Crippen molar-refractivity contribution in [1.82, 2.24) is 5.48 Å². The van der Waals surface area contributed by atoms with Crippen LogP contribution in [-0.2, 0) is 11.3 Å². The van der Waals surface area contributed by atoms with Gasteiger partial charge < -0.3 is 4.84 Å². The van der Waals surface area contributed by atoms with Crippen molar-refractivity contribution < 1.29 is 9.23 Å². The lowest BCUT2D eigenvalue weighted by Gasteiger charge is -2.12. The van der Waals surface area contributed by atoms with Crippen molar-refractivity contribution in [3.05, 3.63) is 35.6 Å². The van der Waals surface area contributed by atoms with Crippen molar-refractivity contribution in [2.45, 2.75) is 26.3 Å². The fraction of sp³-hybridized carbons (Fsp3) is 0.455. The second-order valence-electron chi connectivity index (χ2n) is 3.28. The van der Waals surface area contributed by atoms with Crippen LogP contribution in [-0.4, -0.2) is 12.6 Å². The molecule has 3 heteroatoms. The van der Waals surface area contributed by atoms with Crippen molar-refractivity contribution in [1.29, 1.82) is 0 Å². The average molecular weight is 197 g/mol. The summed E-state index contributed by atoms with van der Waals surface area (Å²) in [6.07, 6.45) is 0.834. The van der Waals surface area contributed by atoms with E-state index in [-0.39, 0.29) is 11.9 Å². The molecule has 0 aromatic heterocycles. The molecule has 0 aliphatic heterocycles. The summed E-state index contributed by atoms with van der Waals surface area (Å²) in [6, 6.07) is 6.77. The van der Waals surface area contributed by atoms with Crippen LogP contribution in [0.5, 0.6) is 0 Å². The number of halogens is 1. The van der Waals surface area contributed by atoms with Gasteiger partial charge in [0.1, 0.15) is 5.82 Å². The molecule has 0 fully saturated rings. The maximum atomic E-state index is 12.6. The molecule has 0 aliphatic carbocycles. The van der Waals surface area contributed by atoms with Gasteiger partial charge in [-0.25, -0.2) is 4.39 Å². The summed E-state index contributed by atoms with van der Waals surface area (Å²) < 4.78 is 12.6. The highest BCUT2D eigenvalue weighted by atomic mass is 19.1. The second-order valence-corrected chi connectivity index (χ2v) is 3.28. The number of hydroxylamine groups is 1. The minimum absolute atomic E-state index is 0.195. The van der Waals surface area contributed by atoms with Crippen LogP contribution < -0.4 is 5.48 Å². The van der Waals surface area contributed by atoms with E-state index in [1.54, 1.807) is 12.1 Å². The molecule has 0 spiro atoms. The van der Waals surface area contributed by atoms with Gasteiger partial charge in [-0.3, -0.25) is 0 Å². The van der Waals surface area contributed by atoms with Crippen LogP contribution in [0.15, 0.2) is 24.3 Å². The first-order valence-electron chi connectivity index (χ1n) is 4.84. The zero-order chi connectivity index (χ0) is 10.4. The molecule has 1 atom stereocenters. The third-order valence-corrected chi connectivity index (χ3v) is 1.88. The minimum Gasteiger partial charge on any atom is -0.302 e. The van der Waals surface area contributed by atoms with E-state index in [1.807, 2.05) is 13.8 Å². The van der Waals surface area contributed by atoms with Gasteiger partial charge >= 0.3 is 0 Å². The van der Waals surface area contributed by atoms with Crippen molar-refractivity contribution in [3.63, 3.8) is 0 Å². The molecule has 0 radical (unpaired) electrons. The van der Waals surface area contributed by atoms with Crippen molar-refractivity contribution in [2.75, 3.05) is 6.61 Å². The van der Waals surface area contributed by atoms with Crippen LogP contribution in [0, 0.1) is 5.82 Å². The number of rotatable bonds is 5. The summed E-state index contributed by atoms with van der Waals surface area (Å²) in [6.45, 7) is 4.60. The Bertz CT molecular complexity index is 260. The summed E-state index contributed by atoms with van der Waals surface area (Å²) in [5.41, 5.74) is 4.00. The molecule has 0 bridgehead atoms. The molecule has 78 valence electrons. The van der Waals surface area contributed by atoms with Gasteiger partial charge in [0, 0.05) is 6.04 Å². The molecule has 1 N–H and O–H groups in total. The van der Waals surface area contributed by atoms with Crippen LogP contribution >= 0.6 is 0 Å². The highest BCUT2D eigenvalue weighted by Gasteiger charge is 2.02. The minimum atomic E-state index is -0.195. The summed E-state index contributed by atoms with van der Waals surface area (Å²) in [7, 11) is 0. The average Bonchev–Trinajstić information content (AvgIpc) is 2.18. The fourth-order valence-corrected chi connectivity index (χ4v) is 1.24. The molecule has 1 rings (SSSR count). The molecule has 1 aromatic rings. The summed E-state index contributed by atoms with van der Waals surface area (Å²) in [4.78, 5) is 5.07. The Balaban J connectivity index is 2.39. The smallest absolute Gasteiger partial charge is 0.123 e. The molecule has 1 unspecified atom stereocenters. The third kappa shape index (κ3) is 3.85. The third-order valence-electron chi connectivity index (χ3n) is 1.88. The Hall–Kier alpha value is -0.930. The van der Waals surface area contributed by atoms with E-state index < -0.39 is 0 Å². The summed E-state index contributed by atoms with van der Waals surface area (Å²) >= 11 is 0. The number of hydrogen-bond donors (Lipinski definition) is 1. The second kappa shape index (κ2) is 5.73. The highest BCUT2D eigenvalue weighted by molar-refractivity contribution is 5.16. The zero-order valence-electron chi connectivity index (χ0n) is 8.59. The van der Waals surface area contributed by atoms with Gasteiger partial charge in [0.15, 0.2) is 0 Å². The van der Waals surface area contributed by atoms with E-state index in [0.29, 0.717) is 6.61 Å². The Kier molecular flexibility index (Phi) is 4.56. The number of hydrogen-bond acceptors (Lipinski definition) is 2. The molecule has 14 heavy (non-hydrogen) atoms. The van der Waals surface area contributed by atoms with E-state index in [0.717, 1.165) is 12.0 Å². The molecule has 0 saturated heterocycles. The fourth-order valence-electron chi connectivity index (χ4n) is 1.24. The Morgan fingerprint density at radius 2 is 2.00 bits per heavy atom. The molecule has 0 amide bonds. The molecule has 2 nitrogen and oxygen atoms in total. The number of benzene rings is 1. The summed E-state index contributed by atoms with van der Waals surface area (Å²) in [5, 5.41) is 0. The Labute approximate surface area is 84.0 Å². The Morgan fingerprint density at radius 1 is 1.36 bits per heavy atom. The standard InChI is InChI=1S/C11H16FNO/c1-3-14-13-9(2)8-10-4-6-11(12)7-5-10/h4-7,9,13H,3,8H2,1-2H3. The van der Waals surface area contributed by atoms with E-state index in [4.69, 9.17) is 4.84 Å². The van der Waals surface area contributed by atoms with Gasteiger partial charge in [-0.2, -0.15) is 5.48 Å². The van der Waals surface area contributed by atoms with E-state index in [1.165, 1.54) is 12.1 Å². The van der Waals surface area contributed by atoms with Gasteiger partial charge in [-0.1, -0.05) is 12.1 Å². The maximum Gasteiger partial charge on any atom is 0.123 e. The van der Waals surface area contributed by atoms with Crippen molar-refractivity contribution >= 4 is 0 Å². The molecular weight excluding hydrogens is 181 g/mol. The van der Waals surface area contributed by atoms with Crippen molar-refractivity contribution in [2.24, 2.45) is 0 Å². The molecule has 1 aromatic carbocycles. The first-order chi connectivity index (χ1) is 6.72. The lowest BCUT2D eigenvalue weighted by molar-refractivity contribution is 0.0290. The van der Waals surface area contributed by atoms with Crippen LogP contribution in [0.2, 0.25) is 0 Å². The van der Waals surface area contributed by atoms with Gasteiger partial charge in [-0.05, 0) is 38.0 Å². The normalized spacial score (nSPS) is 12.8. The molecule has 0 aliphatic rings. The van der Waals surface area contributed by atoms with E-state index in [9.17, 15) is 4.39 Å². The van der Waals surface area contributed by atoms with E-state index in [2.05, 4.69) is 5.48 Å². The van der Waals surface area contributed by atoms with Crippen LogP contribution in [0.25, 0.3) is 0 Å². The largest absolute Gasteiger partial charge is 0.302 e. The van der Waals surface area contributed by atoms with Gasteiger partial charge in [-0.15, -0.1) is 0 Å². The van der Waals surface area contributed by atoms with Crippen LogP contribution in [0.3, 0.4) is 0 Å². The van der Waals surface area contributed by atoms with E-state index >= 15 is 0 Å². The SMILES string of the molecule is CCONC(C)Cc1ccc(F)cc1. The quantitative estimate of drug-likeness (QED) is 0.731.